The highest BCUT2D eigenvalue weighted by molar-refractivity contribution is 7.10. The van der Waals surface area contributed by atoms with Crippen LogP contribution in [0.1, 0.15) is 11.1 Å². The summed E-state index contributed by atoms with van der Waals surface area (Å²) in [6.07, 6.45) is 0. The molecular formula is C11H11ClN2S. The summed E-state index contributed by atoms with van der Waals surface area (Å²) in [7, 11) is 0. The molecule has 0 unspecified atom stereocenters. The highest BCUT2D eigenvalue weighted by Crippen LogP contribution is 2.32. The molecule has 0 bridgehead atoms. The zero-order chi connectivity index (χ0) is 10.8. The molecule has 0 aliphatic heterocycles. The second-order valence-corrected chi connectivity index (χ2v) is 4.48. The Labute approximate surface area is 97.9 Å². The molecule has 1 aromatic carbocycles. The van der Waals surface area contributed by atoms with Crippen LogP contribution in [-0.4, -0.2) is 4.37 Å². The van der Waals surface area contributed by atoms with Crippen molar-refractivity contribution in [3.05, 3.63) is 40.5 Å². The molecular weight excluding hydrogens is 228 g/mol. The number of aryl methyl sites for hydroxylation is 1. The van der Waals surface area contributed by atoms with Crippen molar-refractivity contribution in [2.24, 2.45) is 5.73 Å². The van der Waals surface area contributed by atoms with E-state index in [4.69, 9.17) is 17.3 Å². The molecule has 2 N–H and O–H groups in total. The van der Waals surface area contributed by atoms with E-state index in [-0.39, 0.29) is 0 Å². The van der Waals surface area contributed by atoms with E-state index in [2.05, 4.69) is 35.6 Å². The smallest absolute Gasteiger partial charge is 0.147 e. The number of nitrogens with two attached hydrogens (primary N) is 1. The topological polar surface area (TPSA) is 38.9 Å². The minimum atomic E-state index is 0.429. The number of aromatic nitrogens is 1. The Hall–Kier alpha value is -0.900. The predicted molar refractivity (Wildman–Crippen MR) is 65.2 cm³/mol. The van der Waals surface area contributed by atoms with Crippen molar-refractivity contribution in [2.75, 3.05) is 0 Å². The fraction of sp³-hybridized carbons (Fsp3) is 0.182. The quantitative estimate of drug-likeness (QED) is 0.873. The van der Waals surface area contributed by atoms with E-state index >= 15 is 0 Å². The number of nitrogens with zero attached hydrogens (tertiary/aromatic N) is 1. The van der Waals surface area contributed by atoms with Crippen LogP contribution in [0.4, 0.5) is 0 Å². The molecule has 0 spiro atoms. The number of rotatable bonds is 2. The highest BCUT2D eigenvalue weighted by Gasteiger charge is 2.11. The van der Waals surface area contributed by atoms with Crippen molar-refractivity contribution in [3.8, 4) is 10.4 Å². The van der Waals surface area contributed by atoms with E-state index in [1.165, 1.54) is 17.1 Å². The third kappa shape index (κ3) is 2.04. The van der Waals surface area contributed by atoms with Gasteiger partial charge in [0.2, 0.25) is 0 Å². The first-order valence-corrected chi connectivity index (χ1v) is 5.78. The van der Waals surface area contributed by atoms with E-state index in [1.807, 2.05) is 0 Å². The molecule has 0 atom stereocenters. The summed E-state index contributed by atoms with van der Waals surface area (Å²) >= 11 is 7.34. The monoisotopic (exact) mass is 238 g/mol. The van der Waals surface area contributed by atoms with E-state index in [0.717, 1.165) is 16.0 Å². The van der Waals surface area contributed by atoms with Crippen LogP contribution in [0.25, 0.3) is 10.4 Å². The lowest BCUT2D eigenvalue weighted by Gasteiger charge is -2.01. The van der Waals surface area contributed by atoms with Crippen LogP contribution >= 0.6 is 23.1 Å². The minimum Gasteiger partial charge on any atom is -0.326 e. The lowest BCUT2D eigenvalue weighted by atomic mass is 10.1. The third-order valence-corrected chi connectivity index (χ3v) is 3.61. The lowest BCUT2D eigenvalue weighted by molar-refractivity contribution is 1.08. The van der Waals surface area contributed by atoms with Gasteiger partial charge in [0, 0.05) is 12.1 Å². The summed E-state index contributed by atoms with van der Waals surface area (Å²) in [5.74, 6) is 0. The van der Waals surface area contributed by atoms with Crippen molar-refractivity contribution in [2.45, 2.75) is 13.5 Å². The maximum atomic E-state index is 5.95. The molecule has 2 nitrogen and oxygen atoms in total. The Bertz CT molecular complexity index is 462. The van der Waals surface area contributed by atoms with Crippen molar-refractivity contribution in [1.82, 2.24) is 4.37 Å². The van der Waals surface area contributed by atoms with Gasteiger partial charge in [-0.25, -0.2) is 0 Å². The van der Waals surface area contributed by atoms with Crippen LogP contribution in [-0.2, 0) is 6.54 Å². The van der Waals surface area contributed by atoms with E-state index in [0.29, 0.717) is 11.7 Å². The average molecular weight is 239 g/mol. The molecule has 1 heterocycles. The van der Waals surface area contributed by atoms with Gasteiger partial charge in [-0.05, 0) is 24.0 Å². The normalized spacial score (nSPS) is 10.6. The zero-order valence-corrected chi connectivity index (χ0v) is 9.90. The predicted octanol–water partition coefficient (Wildman–Crippen LogP) is 3.23. The molecule has 4 heteroatoms. The number of hydrogen-bond donors (Lipinski definition) is 1. The molecule has 78 valence electrons. The molecule has 2 aromatic rings. The average Bonchev–Trinajstić information content (AvgIpc) is 2.61. The Balaban J connectivity index is 2.49. The van der Waals surface area contributed by atoms with Crippen molar-refractivity contribution < 1.29 is 0 Å². The van der Waals surface area contributed by atoms with Crippen LogP contribution in [0, 0.1) is 6.92 Å². The van der Waals surface area contributed by atoms with Crippen LogP contribution in [0.3, 0.4) is 0 Å². The fourth-order valence-corrected chi connectivity index (χ4v) is 2.54. The Morgan fingerprint density at radius 2 is 2.00 bits per heavy atom. The third-order valence-electron chi connectivity index (χ3n) is 2.26. The minimum absolute atomic E-state index is 0.429. The van der Waals surface area contributed by atoms with E-state index in [1.54, 1.807) is 0 Å². The Kier molecular flexibility index (Phi) is 3.05. The highest BCUT2D eigenvalue weighted by atomic mass is 35.5. The van der Waals surface area contributed by atoms with E-state index < -0.39 is 0 Å². The summed E-state index contributed by atoms with van der Waals surface area (Å²) < 4.78 is 4.11. The summed E-state index contributed by atoms with van der Waals surface area (Å²) in [6, 6.07) is 8.28. The SMILES string of the molecule is Cc1ccc(-c2snc(Cl)c2CN)cc1. The van der Waals surface area contributed by atoms with Gasteiger partial charge < -0.3 is 5.73 Å². The first kappa shape index (κ1) is 10.6. The zero-order valence-electron chi connectivity index (χ0n) is 8.33. The second-order valence-electron chi connectivity index (χ2n) is 3.35. The standard InChI is InChI=1S/C11H11ClN2S/c1-7-2-4-8(5-3-7)10-9(6-13)11(12)14-15-10/h2-5H,6,13H2,1H3. The van der Waals surface area contributed by atoms with Gasteiger partial charge in [-0.3, -0.25) is 0 Å². The molecule has 1 aromatic heterocycles. The lowest BCUT2D eigenvalue weighted by Crippen LogP contribution is -1.96. The van der Waals surface area contributed by atoms with Gasteiger partial charge in [-0.1, -0.05) is 41.4 Å². The molecule has 0 aliphatic carbocycles. The molecule has 0 radical (unpaired) electrons. The first-order chi connectivity index (χ1) is 7.22. The Morgan fingerprint density at radius 3 is 2.60 bits per heavy atom. The maximum Gasteiger partial charge on any atom is 0.147 e. The first-order valence-electron chi connectivity index (χ1n) is 4.63. The van der Waals surface area contributed by atoms with Crippen molar-refractivity contribution in [1.29, 1.82) is 0 Å². The number of hydrogen-bond acceptors (Lipinski definition) is 3. The maximum absolute atomic E-state index is 5.95. The van der Waals surface area contributed by atoms with Gasteiger partial charge in [-0.15, -0.1) is 0 Å². The van der Waals surface area contributed by atoms with Crippen molar-refractivity contribution in [3.63, 3.8) is 0 Å². The van der Waals surface area contributed by atoms with Gasteiger partial charge >= 0.3 is 0 Å². The molecule has 15 heavy (non-hydrogen) atoms. The largest absolute Gasteiger partial charge is 0.326 e. The molecule has 2 rings (SSSR count). The van der Waals surface area contributed by atoms with Gasteiger partial charge in [0.05, 0.1) is 4.88 Å². The number of halogens is 1. The van der Waals surface area contributed by atoms with Crippen molar-refractivity contribution >= 4 is 23.1 Å². The second kappa shape index (κ2) is 4.31. The van der Waals surface area contributed by atoms with E-state index in [9.17, 15) is 0 Å². The number of benzene rings is 1. The van der Waals surface area contributed by atoms with Crippen LogP contribution in [0.2, 0.25) is 5.15 Å². The van der Waals surface area contributed by atoms with Crippen LogP contribution < -0.4 is 5.73 Å². The van der Waals surface area contributed by atoms with Gasteiger partial charge in [0.25, 0.3) is 0 Å². The summed E-state index contributed by atoms with van der Waals surface area (Å²) in [6.45, 7) is 2.49. The molecule has 0 fully saturated rings. The summed E-state index contributed by atoms with van der Waals surface area (Å²) in [5, 5.41) is 0.526. The molecule has 0 amide bonds. The molecule has 0 saturated heterocycles. The summed E-state index contributed by atoms with van der Waals surface area (Å²) in [4.78, 5) is 1.07. The van der Waals surface area contributed by atoms with Crippen LogP contribution in [0.15, 0.2) is 24.3 Å². The molecule has 0 saturated carbocycles. The summed E-state index contributed by atoms with van der Waals surface area (Å²) in [5.41, 5.74) is 8.95. The van der Waals surface area contributed by atoms with Gasteiger partial charge in [-0.2, -0.15) is 4.37 Å². The van der Waals surface area contributed by atoms with Gasteiger partial charge in [0.1, 0.15) is 5.15 Å². The Morgan fingerprint density at radius 1 is 1.33 bits per heavy atom. The fourth-order valence-electron chi connectivity index (χ4n) is 1.40. The van der Waals surface area contributed by atoms with Gasteiger partial charge in [0.15, 0.2) is 0 Å². The van der Waals surface area contributed by atoms with Crippen LogP contribution in [0.5, 0.6) is 0 Å². The molecule has 0 aliphatic rings.